The molecule has 0 spiro atoms. The van der Waals surface area contributed by atoms with E-state index in [1.807, 2.05) is 53.4 Å². The monoisotopic (exact) mass is 482 g/mol. The number of nitrogens with zero attached hydrogens (tertiary/aromatic N) is 2. The second kappa shape index (κ2) is 13.3. The van der Waals surface area contributed by atoms with Crippen LogP contribution in [0.3, 0.4) is 0 Å². The Morgan fingerprint density at radius 1 is 0.943 bits per heavy atom. The highest BCUT2D eigenvalue weighted by Gasteiger charge is 2.37. The van der Waals surface area contributed by atoms with Crippen molar-refractivity contribution >= 4 is 18.0 Å². The number of carboxylic acid groups (broad SMARTS) is 2. The molecule has 1 amide bonds. The van der Waals surface area contributed by atoms with E-state index < -0.39 is 11.9 Å². The third-order valence-electron chi connectivity index (χ3n) is 5.76. The first-order chi connectivity index (χ1) is 16.9. The summed E-state index contributed by atoms with van der Waals surface area (Å²) in [4.78, 5) is 36.1. The molecule has 2 atom stereocenters. The summed E-state index contributed by atoms with van der Waals surface area (Å²) in [7, 11) is 0. The Morgan fingerprint density at radius 2 is 1.51 bits per heavy atom. The lowest BCUT2D eigenvalue weighted by Gasteiger charge is -2.31. The first-order valence-corrected chi connectivity index (χ1v) is 11.4. The molecule has 0 saturated carbocycles. The average Bonchev–Trinajstić information content (AvgIpc) is 3.26. The third kappa shape index (κ3) is 8.24. The summed E-state index contributed by atoms with van der Waals surface area (Å²) >= 11 is 0. The van der Waals surface area contributed by atoms with Gasteiger partial charge >= 0.3 is 18.0 Å². The minimum absolute atomic E-state index is 0.0234. The van der Waals surface area contributed by atoms with Crippen molar-refractivity contribution in [1.29, 1.82) is 0 Å². The average molecular weight is 483 g/mol. The number of carbonyl (C=O) groups is 3. The Morgan fingerprint density at radius 3 is 2.09 bits per heavy atom. The second-order valence-corrected chi connectivity index (χ2v) is 8.11. The lowest BCUT2D eigenvalue weighted by atomic mass is 10.0. The molecule has 4 rings (SSSR count). The van der Waals surface area contributed by atoms with E-state index in [1.54, 1.807) is 0 Å². The van der Waals surface area contributed by atoms with Crippen molar-refractivity contribution in [3.63, 3.8) is 0 Å². The fraction of sp³-hybridized carbons (Fsp3) is 0.346. The van der Waals surface area contributed by atoms with Crippen LogP contribution >= 0.6 is 0 Å². The van der Waals surface area contributed by atoms with E-state index in [1.165, 1.54) is 0 Å². The predicted molar refractivity (Wildman–Crippen MR) is 128 cm³/mol. The standard InChI is InChI=1S/C22H26N2O3.C4H4O4/c25-22-24(17-21(27-22)19-9-5-2-6-10-19)20(18-7-3-1-4-8-18)11-12-23-13-15-26-16-14-23;5-3(6)1-2-4(7)8/h1-10,20-21H,11-17H2;1-2H,(H,5,6)(H,7,8). The van der Waals surface area contributed by atoms with Crippen LogP contribution in [0.1, 0.15) is 29.7 Å². The molecule has 2 saturated heterocycles. The summed E-state index contributed by atoms with van der Waals surface area (Å²) in [6, 6.07) is 20.3. The molecule has 2 fully saturated rings. The number of hydrogen-bond acceptors (Lipinski definition) is 6. The van der Waals surface area contributed by atoms with Crippen molar-refractivity contribution < 1.29 is 34.1 Å². The zero-order chi connectivity index (χ0) is 25.0. The third-order valence-corrected chi connectivity index (χ3v) is 5.76. The number of morpholine rings is 1. The highest BCUT2D eigenvalue weighted by molar-refractivity contribution is 5.89. The molecule has 0 radical (unpaired) electrons. The molecule has 0 aliphatic carbocycles. The highest BCUT2D eigenvalue weighted by Crippen LogP contribution is 2.34. The van der Waals surface area contributed by atoms with Crippen LogP contribution in [0.15, 0.2) is 72.8 Å². The van der Waals surface area contributed by atoms with Gasteiger partial charge in [0.25, 0.3) is 0 Å². The minimum Gasteiger partial charge on any atom is -0.478 e. The van der Waals surface area contributed by atoms with E-state index in [0.29, 0.717) is 18.7 Å². The Kier molecular flexibility index (Phi) is 9.82. The molecule has 9 nitrogen and oxygen atoms in total. The Labute approximate surface area is 204 Å². The highest BCUT2D eigenvalue weighted by atomic mass is 16.6. The Balaban J connectivity index is 0.000000371. The normalized spacial score (nSPS) is 19.0. The van der Waals surface area contributed by atoms with Gasteiger partial charge in [0.2, 0.25) is 0 Å². The summed E-state index contributed by atoms with van der Waals surface area (Å²) < 4.78 is 11.2. The summed E-state index contributed by atoms with van der Waals surface area (Å²) in [5.74, 6) is -2.51. The smallest absolute Gasteiger partial charge is 0.411 e. The molecular weight excluding hydrogens is 452 g/mol. The van der Waals surface area contributed by atoms with Crippen LogP contribution < -0.4 is 0 Å². The van der Waals surface area contributed by atoms with Crippen molar-refractivity contribution in [3.05, 3.63) is 83.9 Å². The van der Waals surface area contributed by atoms with Gasteiger partial charge in [0, 0.05) is 31.8 Å². The van der Waals surface area contributed by atoms with Crippen LogP contribution in [0, 0.1) is 0 Å². The first-order valence-electron chi connectivity index (χ1n) is 11.4. The summed E-state index contributed by atoms with van der Waals surface area (Å²) in [6.45, 7) is 5.03. The van der Waals surface area contributed by atoms with E-state index in [-0.39, 0.29) is 18.2 Å². The van der Waals surface area contributed by atoms with Gasteiger partial charge in [-0.2, -0.15) is 0 Å². The van der Waals surface area contributed by atoms with Gasteiger partial charge in [-0.3, -0.25) is 9.80 Å². The maximum Gasteiger partial charge on any atom is 0.411 e. The number of cyclic esters (lactones) is 1. The van der Waals surface area contributed by atoms with Gasteiger partial charge in [0.05, 0.1) is 25.8 Å². The predicted octanol–water partition coefficient (Wildman–Crippen LogP) is 3.36. The van der Waals surface area contributed by atoms with E-state index in [4.69, 9.17) is 19.7 Å². The number of carbonyl (C=O) groups excluding carboxylic acids is 1. The van der Waals surface area contributed by atoms with Gasteiger partial charge in [-0.25, -0.2) is 14.4 Å². The number of aliphatic carboxylic acids is 2. The van der Waals surface area contributed by atoms with Gasteiger partial charge in [-0.15, -0.1) is 0 Å². The molecule has 0 aromatic heterocycles. The zero-order valence-electron chi connectivity index (χ0n) is 19.4. The topological polar surface area (TPSA) is 117 Å². The molecule has 2 N–H and O–H groups in total. The zero-order valence-corrected chi connectivity index (χ0v) is 19.4. The molecule has 0 bridgehead atoms. The molecule has 2 heterocycles. The van der Waals surface area contributed by atoms with Crippen molar-refractivity contribution in [2.45, 2.75) is 18.6 Å². The van der Waals surface area contributed by atoms with Gasteiger partial charge in [-0.05, 0) is 17.5 Å². The van der Waals surface area contributed by atoms with Crippen LogP contribution in [-0.2, 0) is 19.1 Å². The molecular formula is C26H30N2O7. The lowest BCUT2D eigenvalue weighted by molar-refractivity contribution is -0.134. The van der Waals surface area contributed by atoms with Crippen molar-refractivity contribution in [2.24, 2.45) is 0 Å². The van der Waals surface area contributed by atoms with E-state index >= 15 is 0 Å². The molecule has 9 heteroatoms. The van der Waals surface area contributed by atoms with Crippen LogP contribution in [0.5, 0.6) is 0 Å². The molecule has 2 aliphatic heterocycles. The quantitative estimate of drug-likeness (QED) is 0.550. The van der Waals surface area contributed by atoms with Gasteiger partial charge in [-0.1, -0.05) is 60.7 Å². The number of hydrogen-bond donors (Lipinski definition) is 2. The Bertz CT molecular complexity index is 975. The fourth-order valence-electron chi connectivity index (χ4n) is 4.03. The van der Waals surface area contributed by atoms with E-state index in [2.05, 4.69) is 17.0 Å². The molecule has 186 valence electrons. The van der Waals surface area contributed by atoms with Crippen LogP contribution in [0.4, 0.5) is 4.79 Å². The SMILES string of the molecule is O=C(O)C=CC(=O)O.O=C1OC(c2ccccc2)CN1C(CCN1CCOCC1)c1ccccc1. The summed E-state index contributed by atoms with van der Waals surface area (Å²) in [5.41, 5.74) is 2.21. The maximum atomic E-state index is 12.7. The molecule has 2 unspecified atom stereocenters. The number of rotatable bonds is 8. The van der Waals surface area contributed by atoms with Gasteiger partial charge < -0.3 is 19.7 Å². The maximum absolute atomic E-state index is 12.7. The van der Waals surface area contributed by atoms with Crippen LogP contribution in [-0.4, -0.2) is 77.4 Å². The largest absolute Gasteiger partial charge is 0.478 e. The van der Waals surface area contributed by atoms with Crippen molar-refractivity contribution in [1.82, 2.24) is 9.80 Å². The van der Waals surface area contributed by atoms with Crippen molar-refractivity contribution in [3.8, 4) is 0 Å². The van der Waals surface area contributed by atoms with Crippen LogP contribution in [0.2, 0.25) is 0 Å². The van der Waals surface area contributed by atoms with E-state index in [0.717, 1.165) is 50.4 Å². The van der Waals surface area contributed by atoms with Crippen molar-refractivity contribution in [2.75, 3.05) is 39.4 Å². The fourth-order valence-corrected chi connectivity index (χ4v) is 4.03. The number of benzene rings is 2. The van der Waals surface area contributed by atoms with Gasteiger partial charge in [0.1, 0.15) is 6.10 Å². The lowest BCUT2D eigenvalue weighted by Crippen LogP contribution is -2.39. The number of ether oxygens (including phenoxy) is 2. The first kappa shape index (κ1) is 25.9. The summed E-state index contributed by atoms with van der Waals surface area (Å²) in [5, 5.41) is 15.6. The van der Waals surface area contributed by atoms with E-state index in [9.17, 15) is 14.4 Å². The Hall–Kier alpha value is -3.69. The molecule has 2 aliphatic rings. The number of carboxylic acids is 2. The van der Waals surface area contributed by atoms with Crippen LogP contribution in [0.25, 0.3) is 0 Å². The molecule has 2 aromatic carbocycles. The van der Waals surface area contributed by atoms with Gasteiger partial charge in [0.15, 0.2) is 0 Å². The second-order valence-electron chi connectivity index (χ2n) is 8.11. The minimum atomic E-state index is -1.26. The number of amides is 1. The molecule has 2 aromatic rings. The molecule has 35 heavy (non-hydrogen) atoms. The summed E-state index contributed by atoms with van der Waals surface area (Å²) in [6.07, 6.45) is 1.58.